The maximum atomic E-state index is 14.1. The molecule has 0 radical (unpaired) electrons. The van der Waals surface area contributed by atoms with E-state index in [9.17, 15) is 36.5 Å². The van der Waals surface area contributed by atoms with Crippen LogP contribution in [0, 0.1) is 23.3 Å². The van der Waals surface area contributed by atoms with Crippen LogP contribution in [0.5, 0.6) is 0 Å². The van der Waals surface area contributed by atoms with E-state index in [-0.39, 0.29) is 26.0 Å². The molecule has 0 saturated heterocycles. The molecule has 13 nitrogen and oxygen atoms in total. The summed E-state index contributed by atoms with van der Waals surface area (Å²) in [6.07, 6.45) is 25.0. The zero-order valence-corrected chi connectivity index (χ0v) is 34.8. The molecule has 1 rings (SSSR count). The van der Waals surface area contributed by atoms with Crippen LogP contribution in [0.2, 0.25) is 0 Å². The highest BCUT2D eigenvalue weighted by atomic mass is 31.2. The molecule has 18 heteroatoms. The normalized spacial score (nSPS) is 12.1. The second-order valence-electron chi connectivity index (χ2n) is 14.3. The van der Waals surface area contributed by atoms with Gasteiger partial charge in [-0.3, -0.25) is 18.9 Å². The van der Waals surface area contributed by atoms with E-state index in [0.717, 1.165) is 77.0 Å². The van der Waals surface area contributed by atoms with Gasteiger partial charge in [-0.2, -0.15) is 0 Å². The van der Waals surface area contributed by atoms with Crippen molar-refractivity contribution in [2.75, 3.05) is 19.8 Å². The fraction of sp³-hybridized carbons (Fsp3) is 0.725. The molecular weight excluding hydrogens is 787 g/mol. The first-order chi connectivity index (χ1) is 27.8. The van der Waals surface area contributed by atoms with Gasteiger partial charge in [0.1, 0.15) is 17.9 Å². The first-order valence-corrected chi connectivity index (χ1v) is 22.2. The van der Waals surface area contributed by atoms with Crippen molar-refractivity contribution in [2.45, 2.75) is 167 Å². The van der Waals surface area contributed by atoms with E-state index in [1.54, 1.807) is 0 Å². The van der Waals surface area contributed by atoms with E-state index in [1.165, 1.54) is 38.5 Å². The summed E-state index contributed by atoms with van der Waals surface area (Å²) in [6, 6.07) is 0. The second kappa shape index (κ2) is 32.4. The quantitative estimate of drug-likeness (QED) is 0.00684. The lowest BCUT2D eigenvalue weighted by atomic mass is 10.1. The Kier molecular flexibility index (Phi) is 29.3. The number of ether oxygens (including phenoxy) is 2. The van der Waals surface area contributed by atoms with Crippen molar-refractivity contribution in [3.63, 3.8) is 0 Å². The van der Waals surface area contributed by atoms with E-state index >= 15 is 0 Å². The van der Waals surface area contributed by atoms with E-state index in [0.29, 0.717) is 25.7 Å². The Labute approximate surface area is 339 Å². The minimum absolute atomic E-state index is 0.0158. The molecule has 0 bridgehead atoms. The Hall–Kier alpha value is -3.49. The van der Waals surface area contributed by atoms with Gasteiger partial charge in [0, 0.05) is 24.3 Å². The van der Waals surface area contributed by atoms with E-state index in [1.807, 2.05) is 0 Å². The number of azide groups is 1. The highest BCUT2D eigenvalue weighted by Crippen LogP contribution is 2.36. The molecule has 1 amide bonds. The van der Waals surface area contributed by atoms with Crippen molar-refractivity contribution in [2.24, 2.45) is 5.11 Å². The first-order valence-electron chi connectivity index (χ1n) is 20.7. The van der Waals surface area contributed by atoms with Crippen LogP contribution < -0.4 is 5.32 Å². The van der Waals surface area contributed by atoms with Gasteiger partial charge in [0.05, 0.1) is 6.61 Å². The largest absolute Gasteiger partial charge is 0.469 e. The summed E-state index contributed by atoms with van der Waals surface area (Å²) in [7, 11) is -4.84. The second-order valence-corrected chi connectivity index (χ2v) is 15.5. The molecule has 1 unspecified atom stereocenters. The predicted molar refractivity (Wildman–Crippen MR) is 212 cm³/mol. The Morgan fingerprint density at radius 1 is 0.707 bits per heavy atom. The van der Waals surface area contributed by atoms with Crippen molar-refractivity contribution in [1.82, 2.24) is 5.32 Å². The van der Waals surface area contributed by atoms with Crippen molar-refractivity contribution < 1.29 is 60.3 Å². The molecule has 58 heavy (non-hydrogen) atoms. The molecule has 0 spiro atoms. The monoisotopic (exact) mass is 850 g/mol. The molecule has 330 valence electrons. The summed E-state index contributed by atoms with van der Waals surface area (Å²) in [6.45, 7) is 1.23. The van der Waals surface area contributed by atoms with Crippen molar-refractivity contribution >= 4 is 31.4 Å². The average Bonchev–Trinajstić information content (AvgIpc) is 3.18. The molecule has 1 atom stereocenters. The van der Waals surface area contributed by atoms with Gasteiger partial charge >= 0.3 is 19.8 Å². The molecule has 3 N–H and O–H groups in total. The number of allylic oxidation sites excluding steroid dienone is 2. The van der Waals surface area contributed by atoms with Gasteiger partial charge in [0.25, 0.3) is 5.91 Å². The summed E-state index contributed by atoms with van der Waals surface area (Å²) >= 11 is 0. The number of phosphoric acid groups is 1. The number of hydrogen-bond donors (Lipinski definition) is 3. The van der Waals surface area contributed by atoms with Crippen LogP contribution in [0.3, 0.4) is 0 Å². The minimum atomic E-state index is -4.84. The lowest BCUT2D eigenvalue weighted by molar-refractivity contribution is -0.161. The molecule has 0 aliphatic rings. The number of carbonyl (C=O) groups is 3. The van der Waals surface area contributed by atoms with Gasteiger partial charge < -0.3 is 24.6 Å². The fourth-order valence-corrected chi connectivity index (χ4v) is 6.37. The average molecular weight is 851 g/mol. The number of carbonyl (C=O) groups excluding carboxylic acids is 3. The number of nitrogens with zero attached hydrogens (tertiary/aromatic N) is 3. The van der Waals surface area contributed by atoms with Crippen LogP contribution in [-0.4, -0.2) is 53.5 Å². The molecular formula is C40H63F4N4O9P. The third-order valence-electron chi connectivity index (χ3n) is 9.25. The zero-order valence-electron chi connectivity index (χ0n) is 33.9. The SMILES string of the molecule is CCCCCCCC/C=C/CCCCCCCC(=O)OCC(COP(=O)(O)O)OC(=O)CCCCCCCCCCCNC(=O)c1c(F)c(F)c(N=[N+]=[N-])c(F)c1F. The summed E-state index contributed by atoms with van der Waals surface area (Å²) in [4.78, 5) is 57.1. The van der Waals surface area contributed by atoms with Crippen LogP contribution in [0.1, 0.15) is 171 Å². The number of nitrogens with one attached hydrogen (secondary N) is 1. The number of amides is 1. The standard InChI is InChI=1S/C40H63F4N4O9P/c1-2-3-4-5-6-7-8-9-10-11-12-14-17-20-23-26-32(49)55-29-31(30-56-58(52,53)54)57-33(50)27-24-21-18-15-13-16-19-22-25-28-46-40(51)34-35(41)37(43)39(47-48-45)38(44)36(34)42/h9-10,31H,2-8,11-30H2,1H3,(H,46,51)(H2,52,53,54)/b10-9+. The number of benzene rings is 1. The van der Waals surface area contributed by atoms with Gasteiger partial charge in [0.2, 0.25) is 0 Å². The lowest BCUT2D eigenvalue weighted by Crippen LogP contribution is -2.29. The highest BCUT2D eigenvalue weighted by molar-refractivity contribution is 7.46. The number of halogens is 4. The summed E-state index contributed by atoms with van der Waals surface area (Å²) < 4.78 is 82.3. The molecule has 0 fully saturated rings. The van der Waals surface area contributed by atoms with Crippen LogP contribution in [0.25, 0.3) is 10.4 Å². The zero-order chi connectivity index (χ0) is 43.0. The number of phosphoric ester groups is 1. The Morgan fingerprint density at radius 3 is 1.67 bits per heavy atom. The van der Waals surface area contributed by atoms with E-state index in [4.69, 9.17) is 24.8 Å². The lowest BCUT2D eigenvalue weighted by Gasteiger charge is -2.18. The summed E-state index contributed by atoms with van der Waals surface area (Å²) in [5.41, 5.74) is 5.38. The van der Waals surface area contributed by atoms with Crippen LogP contribution in [0.15, 0.2) is 17.3 Å². The molecule has 0 heterocycles. The maximum Gasteiger partial charge on any atom is 0.469 e. The van der Waals surface area contributed by atoms with Gasteiger partial charge in [-0.15, -0.1) is 0 Å². The Balaban J connectivity index is 2.18. The van der Waals surface area contributed by atoms with Gasteiger partial charge in [-0.1, -0.05) is 121 Å². The van der Waals surface area contributed by atoms with Crippen LogP contribution in [0.4, 0.5) is 23.2 Å². The summed E-state index contributed by atoms with van der Waals surface area (Å²) in [5.74, 6) is -10.3. The van der Waals surface area contributed by atoms with E-state index < -0.39 is 72.9 Å². The van der Waals surface area contributed by atoms with Crippen molar-refractivity contribution in [1.29, 1.82) is 0 Å². The van der Waals surface area contributed by atoms with Crippen molar-refractivity contribution in [3.05, 3.63) is 51.4 Å². The predicted octanol–water partition coefficient (Wildman–Crippen LogP) is 11.4. The van der Waals surface area contributed by atoms with Gasteiger partial charge in [-0.25, -0.2) is 22.1 Å². The topological polar surface area (TPSA) is 197 Å². The molecule has 0 aliphatic heterocycles. The highest BCUT2D eigenvalue weighted by Gasteiger charge is 2.29. The molecule has 0 aliphatic carbocycles. The maximum absolute atomic E-state index is 14.1. The number of rotatable bonds is 35. The number of unbranched alkanes of at least 4 members (excludes halogenated alkanes) is 19. The third-order valence-corrected chi connectivity index (χ3v) is 9.74. The third kappa shape index (κ3) is 25.1. The Bertz CT molecular complexity index is 1460. The summed E-state index contributed by atoms with van der Waals surface area (Å²) in [5, 5.41) is 4.81. The smallest absolute Gasteiger partial charge is 0.462 e. The van der Waals surface area contributed by atoms with Gasteiger partial charge in [-0.05, 0) is 50.5 Å². The van der Waals surface area contributed by atoms with Crippen LogP contribution >= 0.6 is 7.82 Å². The number of esters is 2. The van der Waals surface area contributed by atoms with Crippen LogP contribution in [-0.2, 0) is 28.2 Å². The molecule has 1 aromatic rings. The van der Waals surface area contributed by atoms with E-state index in [2.05, 4.69) is 38.9 Å². The molecule has 0 saturated carbocycles. The molecule has 1 aromatic carbocycles. The Morgan fingerprint density at radius 2 is 1.17 bits per heavy atom. The first kappa shape index (κ1) is 52.5. The number of hydrogen-bond acceptors (Lipinski definition) is 8. The van der Waals surface area contributed by atoms with Gasteiger partial charge in [0.15, 0.2) is 29.4 Å². The fourth-order valence-electron chi connectivity index (χ4n) is 6.01. The minimum Gasteiger partial charge on any atom is -0.462 e. The van der Waals surface area contributed by atoms with Crippen molar-refractivity contribution in [3.8, 4) is 0 Å². The molecule has 0 aromatic heterocycles.